The van der Waals surface area contributed by atoms with Crippen LogP contribution in [0.2, 0.25) is 5.02 Å². The predicted molar refractivity (Wildman–Crippen MR) is 96.5 cm³/mol. The third kappa shape index (κ3) is 3.36. The van der Waals surface area contributed by atoms with Crippen molar-refractivity contribution >= 4 is 28.6 Å². The lowest BCUT2D eigenvalue weighted by Crippen LogP contribution is -2.09. The smallest absolute Gasteiger partial charge is 0.304 e. The van der Waals surface area contributed by atoms with Gasteiger partial charge in [0, 0.05) is 18.0 Å². The number of aliphatic hydroxyl groups is 1. The van der Waals surface area contributed by atoms with Crippen molar-refractivity contribution in [2.45, 2.75) is 18.9 Å². The molecule has 7 nitrogen and oxygen atoms in total. The standard InChI is InChI=1S/C18H18ClN3O4/c1-22-18-15(20-21-22)6-11(7-16(18)26-2)13(8-17(24)25)10-3-4-14(19)12(5-10)9-23/h3-7,13,23H,8-9H2,1-2H3,(H,24,25). The lowest BCUT2D eigenvalue weighted by Gasteiger charge is -2.18. The van der Waals surface area contributed by atoms with Gasteiger partial charge in [0.2, 0.25) is 0 Å². The zero-order chi connectivity index (χ0) is 18.8. The lowest BCUT2D eigenvalue weighted by molar-refractivity contribution is -0.137. The second-order valence-electron chi connectivity index (χ2n) is 5.96. The number of fused-ring (bicyclic) bond motifs is 1. The molecule has 1 heterocycles. The van der Waals surface area contributed by atoms with E-state index in [0.717, 1.165) is 16.6 Å². The number of aliphatic carboxylic acids is 1. The summed E-state index contributed by atoms with van der Waals surface area (Å²) in [7, 11) is 3.31. The summed E-state index contributed by atoms with van der Waals surface area (Å²) < 4.78 is 7.06. The minimum atomic E-state index is -0.936. The number of carboxylic acid groups (broad SMARTS) is 1. The Morgan fingerprint density at radius 3 is 2.73 bits per heavy atom. The van der Waals surface area contributed by atoms with Crippen LogP contribution in [0.5, 0.6) is 5.75 Å². The molecule has 0 radical (unpaired) electrons. The first-order chi connectivity index (χ1) is 12.4. The first-order valence-corrected chi connectivity index (χ1v) is 8.30. The summed E-state index contributed by atoms with van der Waals surface area (Å²) in [4.78, 5) is 11.5. The molecular weight excluding hydrogens is 358 g/mol. The Morgan fingerprint density at radius 2 is 2.08 bits per heavy atom. The van der Waals surface area contributed by atoms with E-state index >= 15 is 0 Å². The van der Waals surface area contributed by atoms with Crippen LogP contribution in [-0.2, 0) is 18.4 Å². The molecule has 136 valence electrons. The molecule has 0 aliphatic rings. The maximum absolute atomic E-state index is 11.5. The number of hydrogen-bond donors (Lipinski definition) is 2. The Balaban J connectivity index is 2.17. The van der Waals surface area contributed by atoms with Crippen molar-refractivity contribution in [2.75, 3.05) is 7.11 Å². The molecule has 8 heteroatoms. The molecule has 3 rings (SSSR count). The summed E-state index contributed by atoms with van der Waals surface area (Å²) in [6, 6.07) is 8.76. The van der Waals surface area contributed by atoms with E-state index < -0.39 is 11.9 Å². The predicted octanol–water partition coefficient (Wildman–Crippen LogP) is 2.73. The molecule has 0 amide bonds. The molecule has 0 fully saturated rings. The van der Waals surface area contributed by atoms with Gasteiger partial charge in [-0.25, -0.2) is 4.68 Å². The zero-order valence-electron chi connectivity index (χ0n) is 14.3. The van der Waals surface area contributed by atoms with E-state index in [9.17, 15) is 15.0 Å². The van der Waals surface area contributed by atoms with Crippen LogP contribution in [0.15, 0.2) is 30.3 Å². The Morgan fingerprint density at radius 1 is 1.31 bits per heavy atom. The molecule has 0 aliphatic heterocycles. The average molecular weight is 376 g/mol. The van der Waals surface area contributed by atoms with Gasteiger partial charge >= 0.3 is 5.97 Å². The largest absolute Gasteiger partial charge is 0.494 e. The first kappa shape index (κ1) is 18.2. The monoisotopic (exact) mass is 375 g/mol. The van der Waals surface area contributed by atoms with Gasteiger partial charge in [-0.15, -0.1) is 5.10 Å². The Bertz CT molecular complexity index is 970. The maximum Gasteiger partial charge on any atom is 0.304 e. The van der Waals surface area contributed by atoms with Crippen molar-refractivity contribution in [3.8, 4) is 5.75 Å². The lowest BCUT2D eigenvalue weighted by atomic mass is 9.87. The van der Waals surface area contributed by atoms with E-state index in [2.05, 4.69) is 10.3 Å². The van der Waals surface area contributed by atoms with Gasteiger partial charge in [-0.05, 0) is 34.9 Å². The first-order valence-electron chi connectivity index (χ1n) is 7.93. The highest BCUT2D eigenvalue weighted by Gasteiger charge is 2.22. The van der Waals surface area contributed by atoms with Gasteiger partial charge in [0.25, 0.3) is 0 Å². The number of rotatable bonds is 6. The quantitative estimate of drug-likeness (QED) is 0.687. The molecule has 1 atom stereocenters. The van der Waals surface area contributed by atoms with Gasteiger partial charge in [0.15, 0.2) is 0 Å². The molecule has 0 saturated carbocycles. The number of halogens is 1. The van der Waals surface area contributed by atoms with Crippen LogP contribution < -0.4 is 4.74 Å². The number of nitrogens with zero attached hydrogens (tertiary/aromatic N) is 3. The molecule has 1 aromatic heterocycles. The van der Waals surface area contributed by atoms with Crippen LogP contribution in [0.4, 0.5) is 0 Å². The molecule has 0 bridgehead atoms. The van der Waals surface area contributed by atoms with Crippen molar-refractivity contribution in [3.05, 3.63) is 52.0 Å². The van der Waals surface area contributed by atoms with Gasteiger partial charge in [-0.3, -0.25) is 4.79 Å². The van der Waals surface area contributed by atoms with E-state index in [1.165, 1.54) is 0 Å². The Hall–Kier alpha value is -2.64. The second kappa shape index (κ2) is 7.31. The molecule has 0 aliphatic carbocycles. The van der Waals surface area contributed by atoms with Crippen LogP contribution in [0.25, 0.3) is 11.0 Å². The number of hydrogen-bond acceptors (Lipinski definition) is 5. The highest BCUT2D eigenvalue weighted by Crippen LogP contribution is 2.35. The molecule has 26 heavy (non-hydrogen) atoms. The number of aryl methyl sites for hydroxylation is 1. The molecule has 0 spiro atoms. The van der Waals surface area contributed by atoms with Crippen LogP contribution in [-0.4, -0.2) is 38.3 Å². The molecule has 2 aromatic carbocycles. The number of carbonyl (C=O) groups is 1. The molecule has 0 saturated heterocycles. The van der Waals surface area contributed by atoms with Crippen molar-refractivity contribution in [1.82, 2.24) is 15.0 Å². The van der Waals surface area contributed by atoms with Crippen LogP contribution >= 0.6 is 11.6 Å². The van der Waals surface area contributed by atoms with Crippen LogP contribution in [0.3, 0.4) is 0 Å². The fourth-order valence-corrected chi connectivity index (χ4v) is 3.24. The zero-order valence-corrected chi connectivity index (χ0v) is 15.1. The molecule has 2 N–H and O–H groups in total. The highest BCUT2D eigenvalue weighted by molar-refractivity contribution is 6.31. The highest BCUT2D eigenvalue weighted by atomic mass is 35.5. The van der Waals surface area contributed by atoms with Crippen molar-refractivity contribution in [3.63, 3.8) is 0 Å². The number of aromatic nitrogens is 3. The number of aliphatic hydroxyl groups excluding tert-OH is 1. The van der Waals surface area contributed by atoms with Gasteiger partial charge in [-0.2, -0.15) is 0 Å². The number of carboxylic acids is 1. The van der Waals surface area contributed by atoms with Gasteiger partial charge < -0.3 is 14.9 Å². The SMILES string of the molecule is COc1cc(C(CC(=O)O)c2ccc(Cl)c(CO)c2)cc2nnn(C)c12. The Labute approximate surface area is 154 Å². The van der Waals surface area contributed by atoms with E-state index in [1.807, 2.05) is 6.07 Å². The van der Waals surface area contributed by atoms with E-state index in [1.54, 1.807) is 43.1 Å². The summed E-state index contributed by atoms with van der Waals surface area (Å²) in [6.07, 6.45) is -0.124. The van der Waals surface area contributed by atoms with Crippen LogP contribution in [0.1, 0.15) is 29.0 Å². The van der Waals surface area contributed by atoms with Gasteiger partial charge in [-0.1, -0.05) is 28.9 Å². The molecular formula is C18H18ClN3O4. The molecule has 1 unspecified atom stereocenters. The fourth-order valence-electron chi connectivity index (χ4n) is 3.07. The van der Waals surface area contributed by atoms with E-state index in [0.29, 0.717) is 21.9 Å². The Kier molecular flexibility index (Phi) is 5.11. The maximum atomic E-state index is 11.5. The van der Waals surface area contributed by atoms with Crippen molar-refractivity contribution in [2.24, 2.45) is 7.05 Å². The number of benzene rings is 2. The fraction of sp³-hybridized carbons (Fsp3) is 0.278. The minimum absolute atomic E-state index is 0.124. The summed E-state index contributed by atoms with van der Waals surface area (Å²) >= 11 is 6.06. The number of ether oxygens (including phenoxy) is 1. The summed E-state index contributed by atoms with van der Waals surface area (Å²) in [5.41, 5.74) is 3.38. The van der Waals surface area contributed by atoms with Gasteiger partial charge in [0.05, 0.1) is 20.1 Å². The van der Waals surface area contributed by atoms with E-state index in [4.69, 9.17) is 16.3 Å². The third-order valence-electron chi connectivity index (χ3n) is 4.33. The summed E-state index contributed by atoms with van der Waals surface area (Å²) in [5.74, 6) is -0.819. The van der Waals surface area contributed by atoms with E-state index in [-0.39, 0.29) is 13.0 Å². The van der Waals surface area contributed by atoms with Gasteiger partial charge in [0.1, 0.15) is 16.8 Å². The van der Waals surface area contributed by atoms with Crippen molar-refractivity contribution in [1.29, 1.82) is 0 Å². The summed E-state index contributed by atoms with van der Waals surface area (Å²) in [6.45, 7) is -0.223. The normalized spacial score (nSPS) is 12.3. The average Bonchev–Trinajstić information content (AvgIpc) is 3.00. The molecule has 3 aromatic rings. The van der Waals surface area contributed by atoms with Crippen LogP contribution in [0, 0.1) is 0 Å². The number of methoxy groups -OCH3 is 1. The topological polar surface area (TPSA) is 97.5 Å². The summed E-state index contributed by atoms with van der Waals surface area (Å²) in [5, 5.41) is 27.4. The van der Waals surface area contributed by atoms with Crippen molar-refractivity contribution < 1.29 is 19.7 Å². The minimum Gasteiger partial charge on any atom is -0.494 e. The second-order valence-corrected chi connectivity index (χ2v) is 6.37. The third-order valence-corrected chi connectivity index (χ3v) is 4.70.